The molecule has 152 valence electrons. The summed E-state index contributed by atoms with van der Waals surface area (Å²) in [4.78, 5) is 24.9. The summed E-state index contributed by atoms with van der Waals surface area (Å²) in [6.07, 6.45) is 0.0315. The van der Waals surface area contributed by atoms with Gasteiger partial charge in [0.2, 0.25) is 0 Å². The Bertz CT molecular complexity index is 600. The summed E-state index contributed by atoms with van der Waals surface area (Å²) in [5.41, 5.74) is -1.29. The van der Waals surface area contributed by atoms with Crippen LogP contribution in [0.3, 0.4) is 0 Å². The lowest BCUT2D eigenvalue weighted by molar-refractivity contribution is -0.00228. The Labute approximate surface area is 156 Å². The molecule has 0 spiro atoms. The summed E-state index contributed by atoms with van der Waals surface area (Å²) in [5, 5.41) is 0. The summed E-state index contributed by atoms with van der Waals surface area (Å²) >= 11 is 0. The highest BCUT2D eigenvalue weighted by Gasteiger charge is 2.33. The molecule has 0 aromatic carbocycles. The van der Waals surface area contributed by atoms with Gasteiger partial charge in [-0.3, -0.25) is 0 Å². The van der Waals surface area contributed by atoms with Gasteiger partial charge in [-0.25, -0.2) is 14.3 Å². The van der Waals surface area contributed by atoms with Gasteiger partial charge in [0.05, 0.1) is 0 Å². The summed E-state index contributed by atoms with van der Waals surface area (Å²) < 4.78 is 37.7. The van der Waals surface area contributed by atoms with E-state index in [2.05, 4.69) is 4.72 Å². The van der Waals surface area contributed by atoms with Crippen LogP contribution >= 0.6 is 0 Å². The molecule has 26 heavy (non-hydrogen) atoms. The lowest BCUT2D eigenvalue weighted by Gasteiger charge is -2.39. The maximum atomic E-state index is 11.8. The van der Waals surface area contributed by atoms with Crippen LogP contribution in [0.15, 0.2) is 0 Å². The fraction of sp³-hybridized carbons (Fsp3) is 0.875. The van der Waals surface area contributed by atoms with Gasteiger partial charge in [-0.05, 0) is 60.3 Å². The summed E-state index contributed by atoms with van der Waals surface area (Å²) in [6.45, 7) is 11.8. The standard InChI is InChI=1S/C16H31N3O6S/c1-15(2,3)24-13(20)18-26(22,23)17-9-7-8-12-10-19(11-12)14(21)25-16(4,5)6/h12,17H,7-11H2,1-6H3,(H,18,20). The minimum atomic E-state index is -3.94. The highest BCUT2D eigenvalue weighted by atomic mass is 32.2. The van der Waals surface area contributed by atoms with Crippen molar-refractivity contribution in [2.24, 2.45) is 5.92 Å². The molecule has 0 aromatic heterocycles. The van der Waals surface area contributed by atoms with Crippen LogP contribution in [0.1, 0.15) is 54.4 Å². The highest BCUT2D eigenvalue weighted by Crippen LogP contribution is 2.22. The fourth-order valence-corrected chi connectivity index (χ4v) is 3.02. The van der Waals surface area contributed by atoms with E-state index in [-0.39, 0.29) is 12.6 Å². The zero-order valence-corrected chi connectivity index (χ0v) is 17.2. The van der Waals surface area contributed by atoms with Crippen LogP contribution in [-0.4, -0.2) is 56.3 Å². The maximum Gasteiger partial charge on any atom is 0.422 e. The largest absolute Gasteiger partial charge is 0.444 e. The average molecular weight is 394 g/mol. The van der Waals surface area contributed by atoms with E-state index in [0.717, 1.165) is 6.42 Å². The van der Waals surface area contributed by atoms with E-state index < -0.39 is 27.5 Å². The molecule has 0 aliphatic carbocycles. The molecule has 2 amide bonds. The van der Waals surface area contributed by atoms with Crippen molar-refractivity contribution >= 4 is 22.4 Å². The second kappa shape index (κ2) is 8.43. The smallest absolute Gasteiger partial charge is 0.422 e. The van der Waals surface area contributed by atoms with Crippen LogP contribution in [-0.2, 0) is 19.7 Å². The van der Waals surface area contributed by atoms with Crippen molar-refractivity contribution < 1.29 is 27.5 Å². The molecule has 1 saturated heterocycles. The third-order valence-electron chi connectivity index (χ3n) is 3.31. The fourth-order valence-electron chi connectivity index (χ4n) is 2.27. The summed E-state index contributed by atoms with van der Waals surface area (Å²) in [7, 11) is -3.94. The molecule has 1 heterocycles. The molecular weight excluding hydrogens is 362 g/mol. The van der Waals surface area contributed by atoms with E-state index >= 15 is 0 Å². The number of ether oxygens (including phenoxy) is 2. The van der Waals surface area contributed by atoms with Crippen molar-refractivity contribution in [1.29, 1.82) is 0 Å². The van der Waals surface area contributed by atoms with Gasteiger partial charge in [0, 0.05) is 19.6 Å². The van der Waals surface area contributed by atoms with Gasteiger partial charge >= 0.3 is 22.4 Å². The molecule has 10 heteroatoms. The number of likely N-dealkylation sites (tertiary alicyclic amines) is 1. The van der Waals surface area contributed by atoms with Crippen LogP contribution in [0, 0.1) is 5.92 Å². The van der Waals surface area contributed by atoms with E-state index in [1.807, 2.05) is 20.8 Å². The second-order valence-electron chi connectivity index (χ2n) is 8.40. The minimum Gasteiger partial charge on any atom is -0.444 e. The van der Waals surface area contributed by atoms with Gasteiger partial charge in [-0.2, -0.15) is 13.1 Å². The third kappa shape index (κ3) is 9.23. The highest BCUT2D eigenvalue weighted by molar-refractivity contribution is 7.88. The molecule has 1 rings (SSSR count). The first kappa shape index (κ1) is 22.5. The molecule has 0 bridgehead atoms. The quantitative estimate of drug-likeness (QED) is 0.667. The van der Waals surface area contributed by atoms with E-state index in [4.69, 9.17) is 9.47 Å². The Morgan fingerprint density at radius 3 is 2.08 bits per heavy atom. The van der Waals surface area contributed by atoms with Crippen LogP contribution in [0.2, 0.25) is 0 Å². The first-order valence-electron chi connectivity index (χ1n) is 8.65. The van der Waals surface area contributed by atoms with Crippen LogP contribution < -0.4 is 9.44 Å². The van der Waals surface area contributed by atoms with Crippen LogP contribution in [0.4, 0.5) is 9.59 Å². The maximum absolute atomic E-state index is 11.8. The normalized spacial score (nSPS) is 16.0. The van der Waals surface area contributed by atoms with Gasteiger partial charge in [-0.1, -0.05) is 0 Å². The molecule has 2 N–H and O–H groups in total. The molecule has 1 aliphatic rings. The topological polar surface area (TPSA) is 114 Å². The van der Waals surface area contributed by atoms with E-state index in [1.54, 1.807) is 30.4 Å². The molecule has 1 fully saturated rings. The lowest BCUT2D eigenvalue weighted by atomic mass is 9.95. The van der Waals surface area contributed by atoms with E-state index in [1.165, 1.54) is 0 Å². The predicted octanol–water partition coefficient (Wildman–Crippen LogP) is 1.99. The zero-order valence-electron chi connectivity index (χ0n) is 16.4. The lowest BCUT2D eigenvalue weighted by Crippen LogP contribution is -2.51. The molecular formula is C16H31N3O6S. The van der Waals surface area contributed by atoms with Gasteiger partial charge < -0.3 is 14.4 Å². The Morgan fingerprint density at radius 1 is 1.04 bits per heavy atom. The summed E-state index contributed by atoms with van der Waals surface area (Å²) in [5.74, 6) is 0.325. The van der Waals surface area contributed by atoms with E-state index in [0.29, 0.717) is 25.4 Å². The Kier molecular flexibility index (Phi) is 7.29. The number of nitrogens with one attached hydrogen (secondary N) is 2. The first-order chi connectivity index (χ1) is 11.7. The van der Waals surface area contributed by atoms with Crippen molar-refractivity contribution in [3.8, 4) is 0 Å². The SMILES string of the molecule is CC(C)(C)OC(=O)NS(=O)(=O)NCCCC1CN(C(=O)OC(C)(C)C)C1. The number of amides is 2. The average Bonchev–Trinajstić information content (AvgIpc) is 2.29. The predicted molar refractivity (Wildman–Crippen MR) is 96.8 cm³/mol. The van der Waals surface area contributed by atoms with Crippen LogP contribution in [0.25, 0.3) is 0 Å². The van der Waals surface area contributed by atoms with E-state index in [9.17, 15) is 18.0 Å². The number of rotatable bonds is 6. The third-order valence-corrected chi connectivity index (χ3v) is 4.33. The Balaban J connectivity index is 2.20. The van der Waals surface area contributed by atoms with Crippen molar-refractivity contribution in [1.82, 2.24) is 14.3 Å². The zero-order chi connectivity index (χ0) is 20.2. The van der Waals surface area contributed by atoms with Crippen LogP contribution in [0.5, 0.6) is 0 Å². The number of carbonyl (C=O) groups is 2. The molecule has 0 unspecified atom stereocenters. The molecule has 0 atom stereocenters. The number of hydrogen-bond donors (Lipinski definition) is 2. The molecule has 0 saturated carbocycles. The van der Waals surface area contributed by atoms with Crippen molar-refractivity contribution in [2.75, 3.05) is 19.6 Å². The Hall–Kier alpha value is -1.55. The van der Waals surface area contributed by atoms with Gasteiger partial charge in [-0.15, -0.1) is 0 Å². The molecule has 0 aromatic rings. The van der Waals surface area contributed by atoms with Crippen molar-refractivity contribution in [3.05, 3.63) is 0 Å². The van der Waals surface area contributed by atoms with Gasteiger partial charge in [0.15, 0.2) is 0 Å². The molecule has 9 nitrogen and oxygen atoms in total. The van der Waals surface area contributed by atoms with Crippen molar-refractivity contribution in [2.45, 2.75) is 65.6 Å². The molecule has 1 aliphatic heterocycles. The Morgan fingerprint density at radius 2 is 1.58 bits per heavy atom. The van der Waals surface area contributed by atoms with Gasteiger partial charge in [0.25, 0.3) is 0 Å². The molecule has 0 radical (unpaired) electrons. The van der Waals surface area contributed by atoms with Gasteiger partial charge in [0.1, 0.15) is 11.2 Å². The summed E-state index contributed by atoms with van der Waals surface area (Å²) in [6, 6.07) is 0. The number of hydrogen-bond acceptors (Lipinski definition) is 6. The number of carbonyl (C=O) groups excluding carboxylic acids is 2. The van der Waals surface area contributed by atoms with Crippen molar-refractivity contribution in [3.63, 3.8) is 0 Å². The monoisotopic (exact) mass is 393 g/mol. The second-order valence-corrected chi connectivity index (χ2v) is 9.89. The minimum absolute atomic E-state index is 0.196. The number of nitrogens with zero attached hydrogens (tertiary/aromatic N) is 1. The first-order valence-corrected chi connectivity index (χ1v) is 10.1.